The second-order valence-electron chi connectivity index (χ2n) is 10.9. The number of carbonyl (C=O) groups is 3. The molecule has 1 aliphatic heterocycles. The quantitative estimate of drug-likeness (QED) is 0.500. The zero-order valence-corrected chi connectivity index (χ0v) is 20.7. The Morgan fingerprint density at radius 1 is 0.912 bits per heavy atom. The van der Waals surface area contributed by atoms with Crippen molar-refractivity contribution in [1.29, 1.82) is 0 Å². The first-order chi connectivity index (χ1) is 16.4. The predicted octanol–water partition coefficient (Wildman–Crippen LogP) is 5.33. The lowest BCUT2D eigenvalue weighted by Crippen LogP contribution is -2.57. The van der Waals surface area contributed by atoms with Gasteiger partial charge in [-0.15, -0.1) is 0 Å². The second-order valence-corrected chi connectivity index (χ2v) is 11.8. The first-order valence-corrected chi connectivity index (χ1v) is 13.2. The van der Waals surface area contributed by atoms with Crippen molar-refractivity contribution in [3.63, 3.8) is 0 Å². The zero-order chi connectivity index (χ0) is 23.4. The Bertz CT molecular complexity index is 1090. The van der Waals surface area contributed by atoms with Crippen LogP contribution in [0.15, 0.2) is 59.1 Å². The monoisotopic (exact) mass is 520 g/mol. The van der Waals surface area contributed by atoms with Crippen LogP contribution in [0.4, 0.5) is 5.69 Å². The molecule has 4 saturated carbocycles. The molecule has 5 aliphatic rings. The Morgan fingerprint density at radius 2 is 1.50 bits per heavy atom. The molecular formula is C28H29BrN2O3. The molecule has 4 aliphatic carbocycles. The van der Waals surface area contributed by atoms with Gasteiger partial charge >= 0.3 is 0 Å². The zero-order valence-electron chi connectivity index (χ0n) is 19.2. The van der Waals surface area contributed by atoms with E-state index < -0.39 is 6.04 Å². The standard InChI is InChI=1S/C28H29BrN2O3/c29-22-6-8-23(9-7-22)31-25(32)13-24(26(31)33)30(17-18-4-2-1-3-5-18)27(34)28-14-19-10-20(15-28)12-21(11-19)16-28/h1-9,19-21,24H,10-17H2. The van der Waals surface area contributed by atoms with Gasteiger partial charge in [0.25, 0.3) is 5.91 Å². The number of rotatable bonds is 5. The lowest BCUT2D eigenvalue weighted by atomic mass is 9.49. The summed E-state index contributed by atoms with van der Waals surface area (Å²) >= 11 is 3.41. The topological polar surface area (TPSA) is 57.7 Å². The molecular weight excluding hydrogens is 492 g/mol. The maximum Gasteiger partial charge on any atom is 0.257 e. The van der Waals surface area contributed by atoms with Gasteiger partial charge in [0.15, 0.2) is 0 Å². The molecule has 2 aromatic rings. The van der Waals surface area contributed by atoms with Gasteiger partial charge in [-0.25, -0.2) is 4.90 Å². The summed E-state index contributed by atoms with van der Waals surface area (Å²) in [4.78, 5) is 44.1. The Balaban J connectivity index is 1.34. The van der Waals surface area contributed by atoms with Crippen LogP contribution in [0.25, 0.3) is 0 Å². The van der Waals surface area contributed by atoms with E-state index in [9.17, 15) is 14.4 Å². The molecule has 2 aromatic carbocycles. The van der Waals surface area contributed by atoms with Crippen molar-refractivity contribution in [3.05, 3.63) is 64.6 Å². The normalized spacial score (nSPS) is 31.9. The molecule has 7 rings (SSSR count). The number of nitrogens with zero attached hydrogens (tertiary/aromatic N) is 2. The largest absolute Gasteiger partial charge is 0.325 e. The van der Waals surface area contributed by atoms with Gasteiger partial charge in [-0.1, -0.05) is 46.3 Å². The molecule has 176 valence electrons. The van der Waals surface area contributed by atoms with Gasteiger partial charge in [-0.05, 0) is 86.1 Å². The fraction of sp³-hybridized carbons (Fsp3) is 0.464. The number of carbonyl (C=O) groups excluding carboxylic acids is 3. The van der Waals surface area contributed by atoms with Crippen molar-refractivity contribution >= 4 is 39.3 Å². The second kappa shape index (κ2) is 8.33. The molecule has 5 fully saturated rings. The van der Waals surface area contributed by atoms with E-state index >= 15 is 0 Å². The summed E-state index contributed by atoms with van der Waals surface area (Å²) in [5.74, 6) is 1.46. The minimum atomic E-state index is -0.753. The van der Waals surface area contributed by atoms with Gasteiger partial charge in [0, 0.05) is 11.0 Å². The van der Waals surface area contributed by atoms with Crippen LogP contribution in [0, 0.1) is 23.2 Å². The molecule has 0 spiro atoms. The molecule has 6 heteroatoms. The van der Waals surface area contributed by atoms with Crippen LogP contribution in [0.1, 0.15) is 50.5 Å². The summed E-state index contributed by atoms with van der Waals surface area (Å²) in [5, 5.41) is 0. The Morgan fingerprint density at radius 3 is 2.09 bits per heavy atom. The molecule has 1 heterocycles. The van der Waals surface area contributed by atoms with Gasteiger partial charge in [0.2, 0.25) is 11.8 Å². The molecule has 4 bridgehead atoms. The summed E-state index contributed by atoms with van der Waals surface area (Å²) < 4.78 is 0.884. The molecule has 5 nitrogen and oxygen atoms in total. The van der Waals surface area contributed by atoms with E-state index in [-0.39, 0.29) is 29.6 Å². The van der Waals surface area contributed by atoms with E-state index in [1.54, 1.807) is 17.0 Å². The number of hydrogen-bond donors (Lipinski definition) is 0. The molecule has 0 radical (unpaired) electrons. The molecule has 0 N–H and O–H groups in total. The van der Waals surface area contributed by atoms with E-state index in [4.69, 9.17) is 0 Å². The van der Waals surface area contributed by atoms with E-state index in [1.807, 2.05) is 42.5 Å². The maximum absolute atomic E-state index is 14.4. The van der Waals surface area contributed by atoms with Gasteiger partial charge in [-0.3, -0.25) is 14.4 Å². The van der Waals surface area contributed by atoms with E-state index in [2.05, 4.69) is 15.9 Å². The Hall–Kier alpha value is -2.47. The van der Waals surface area contributed by atoms with E-state index in [1.165, 1.54) is 24.2 Å². The van der Waals surface area contributed by atoms with Crippen molar-refractivity contribution in [2.24, 2.45) is 23.2 Å². The number of halogens is 1. The summed E-state index contributed by atoms with van der Waals surface area (Å²) in [6.45, 7) is 0.360. The van der Waals surface area contributed by atoms with Crippen LogP contribution in [0.3, 0.4) is 0 Å². The Kier molecular flexibility index (Phi) is 5.40. The highest BCUT2D eigenvalue weighted by atomic mass is 79.9. The molecule has 1 atom stereocenters. The predicted molar refractivity (Wildman–Crippen MR) is 133 cm³/mol. The average molecular weight is 521 g/mol. The van der Waals surface area contributed by atoms with Gasteiger partial charge < -0.3 is 4.90 Å². The van der Waals surface area contributed by atoms with Crippen LogP contribution < -0.4 is 4.90 Å². The van der Waals surface area contributed by atoms with Crippen molar-refractivity contribution in [3.8, 4) is 0 Å². The van der Waals surface area contributed by atoms with Gasteiger partial charge in [0.05, 0.1) is 17.5 Å². The van der Waals surface area contributed by atoms with Crippen molar-refractivity contribution in [2.45, 2.75) is 57.5 Å². The van der Waals surface area contributed by atoms with E-state index in [0.29, 0.717) is 30.0 Å². The number of benzene rings is 2. The minimum Gasteiger partial charge on any atom is -0.325 e. The Labute approximate surface area is 208 Å². The summed E-state index contributed by atoms with van der Waals surface area (Å²) in [6.07, 6.45) is 6.62. The van der Waals surface area contributed by atoms with Crippen LogP contribution in [-0.2, 0) is 20.9 Å². The minimum absolute atomic E-state index is 0.0415. The average Bonchev–Trinajstić information content (AvgIpc) is 3.11. The summed E-state index contributed by atoms with van der Waals surface area (Å²) in [6, 6.07) is 16.3. The summed E-state index contributed by atoms with van der Waals surface area (Å²) in [5.41, 5.74) is 1.18. The molecule has 0 aromatic heterocycles. The third-order valence-electron chi connectivity index (χ3n) is 8.53. The van der Waals surface area contributed by atoms with Crippen molar-refractivity contribution in [2.75, 3.05) is 4.90 Å². The van der Waals surface area contributed by atoms with Crippen molar-refractivity contribution < 1.29 is 14.4 Å². The highest BCUT2D eigenvalue weighted by molar-refractivity contribution is 9.10. The highest BCUT2D eigenvalue weighted by Crippen LogP contribution is 2.60. The highest BCUT2D eigenvalue weighted by Gasteiger charge is 2.57. The molecule has 34 heavy (non-hydrogen) atoms. The fourth-order valence-electron chi connectivity index (χ4n) is 7.50. The number of amides is 3. The lowest BCUT2D eigenvalue weighted by Gasteiger charge is -2.57. The van der Waals surface area contributed by atoms with Crippen LogP contribution in [-0.4, -0.2) is 28.7 Å². The maximum atomic E-state index is 14.4. The van der Waals surface area contributed by atoms with Crippen LogP contribution in [0.2, 0.25) is 0 Å². The molecule has 1 saturated heterocycles. The van der Waals surface area contributed by atoms with Gasteiger partial charge in [-0.2, -0.15) is 0 Å². The molecule has 3 amide bonds. The fourth-order valence-corrected chi connectivity index (χ4v) is 7.77. The third-order valence-corrected chi connectivity index (χ3v) is 9.06. The van der Waals surface area contributed by atoms with Crippen molar-refractivity contribution in [1.82, 2.24) is 4.90 Å². The number of imide groups is 1. The van der Waals surface area contributed by atoms with E-state index in [0.717, 1.165) is 29.3 Å². The number of anilines is 1. The third kappa shape index (κ3) is 3.71. The SMILES string of the molecule is O=C1CC(N(Cc2ccccc2)C(=O)C23CC4CC(CC(C4)C2)C3)C(=O)N1c1ccc(Br)cc1. The number of hydrogen-bond acceptors (Lipinski definition) is 3. The molecule has 1 unspecified atom stereocenters. The smallest absolute Gasteiger partial charge is 0.257 e. The van der Waals surface area contributed by atoms with Crippen LogP contribution in [0.5, 0.6) is 0 Å². The van der Waals surface area contributed by atoms with Gasteiger partial charge in [0.1, 0.15) is 6.04 Å². The summed E-state index contributed by atoms with van der Waals surface area (Å²) in [7, 11) is 0. The van der Waals surface area contributed by atoms with Crippen LogP contribution >= 0.6 is 15.9 Å². The lowest BCUT2D eigenvalue weighted by molar-refractivity contribution is -0.162. The first-order valence-electron chi connectivity index (χ1n) is 12.4. The first kappa shape index (κ1) is 22.0.